The summed E-state index contributed by atoms with van der Waals surface area (Å²) in [5, 5.41) is 18.0. The molecule has 0 atom stereocenters. The highest BCUT2D eigenvalue weighted by Crippen LogP contribution is 2.44. The zero-order chi connectivity index (χ0) is 32.8. The molecule has 0 amide bonds. The van der Waals surface area contributed by atoms with E-state index in [1.54, 1.807) is 0 Å². The van der Waals surface area contributed by atoms with Gasteiger partial charge in [-0.25, -0.2) is 0 Å². The Morgan fingerprint density at radius 1 is 0.200 bits per heavy atom. The van der Waals surface area contributed by atoms with Crippen LogP contribution in [-0.4, -0.2) is 0 Å². The maximum atomic E-state index is 2.44. The zero-order valence-corrected chi connectivity index (χ0v) is 27.3. The molecule has 50 heavy (non-hydrogen) atoms. The van der Waals surface area contributed by atoms with Crippen LogP contribution in [0.1, 0.15) is 0 Å². The van der Waals surface area contributed by atoms with Gasteiger partial charge in [0.05, 0.1) is 0 Å². The lowest BCUT2D eigenvalue weighted by Crippen LogP contribution is -1.91. The quantitative estimate of drug-likeness (QED) is 0.170. The summed E-state index contributed by atoms with van der Waals surface area (Å²) in [4.78, 5) is 0. The average molecular weight is 631 g/mol. The smallest absolute Gasteiger partial charge is 0.00206 e. The lowest BCUT2D eigenvalue weighted by Gasteiger charge is -2.18. The minimum Gasteiger partial charge on any atom is -0.0616 e. The van der Waals surface area contributed by atoms with Crippen LogP contribution in [0.2, 0.25) is 0 Å². The van der Waals surface area contributed by atoms with E-state index in [9.17, 15) is 0 Å². The molecule has 0 aliphatic carbocycles. The lowest BCUT2D eigenvalue weighted by atomic mass is 9.85. The molecule has 11 aromatic carbocycles. The molecule has 0 aromatic heterocycles. The molecule has 0 unspecified atom stereocenters. The largest absolute Gasteiger partial charge is 0.0616 e. The van der Waals surface area contributed by atoms with Gasteiger partial charge < -0.3 is 0 Å². The Kier molecular flexibility index (Phi) is 5.76. The monoisotopic (exact) mass is 630 g/mol. The van der Waals surface area contributed by atoms with E-state index < -0.39 is 0 Å². The Morgan fingerprint density at radius 2 is 0.700 bits per heavy atom. The van der Waals surface area contributed by atoms with E-state index in [4.69, 9.17) is 0 Å². The van der Waals surface area contributed by atoms with E-state index in [-0.39, 0.29) is 0 Å². The lowest BCUT2D eigenvalue weighted by molar-refractivity contribution is 1.64. The highest BCUT2D eigenvalue weighted by molar-refractivity contribution is 6.26. The van der Waals surface area contributed by atoms with E-state index in [1.165, 1.54) is 109 Å². The molecule has 0 saturated heterocycles. The summed E-state index contributed by atoms with van der Waals surface area (Å²) in [6.07, 6.45) is 0. The van der Waals surface area contributed by atoms with Crippen molar-refractivity contribution in [3.63, 3.8) is 0 Å². The van der Waals surface area contributed by atoms with Gasteiger partial charge in [0.25, 0.3) is 0 Å². The number of benzene rings is 11. The van der Waals surface area contributed by atoms with Gasteiger partial charge in [-0.05, 0) is 139 Å². The van der Waals surface area contributed by atoms with Crippen LogP contribution in [-0.2, 0) is 0 Å². The molecule has 230 valence electrons. The van der Waals surface area contributed by atoms with Gasteiger partial charge in [-0.3, -0.25) is 0 Å². The second-order valence-corrected chi connectivity index (χ2v) is 13.7. The number of rotatable bonds is 3. The second kappa shape index (κ2) is 10.5. The van der Waals surface area contributed by atoms with Crippen molar-refractivity contribution in [1.29, 1.82) is 0 Å². The van der Waals surface area contributed by atoms with Crippen LogP contribution in [0.4, 0.5) is 0 Å². The van der Waals surface area contributed by atoms with Crippen LogP contribution < -0.4 is 0 Å². The van der Waals surface area contributed by atoms with Crippen molar-refractivity contribution < 1.29 is 0 Å². The summed E-state index contributed by atoms with van der Waals surface area (Å²) in [5.41, 5.74) is 7.47. The Bertz CT molecular complexity index is 3130. The van der Waals surface area contributed by atoms with Gasteiger partial charge in [-0.2, -0.15) is 0 Å². The third-order valence-electron chi connectivity index (χ3n) is 10.9. The Balaban J connectivity index is 1.18. The molecule has 0 heteroatoms. The summed E-state index contributed by atoms with van der Waals surface area (Å²) < 4.78 is 0. The van der Waals surface area contributed by atoms with Crippen LogP contribution in [0.15, 0.2) is 182 Å². The van der Waals surface area contributed by atoms with Crippen LogP contribution >= 0.6 is 0 Å². The average Bonchev–Trinajstić information content (AvgIpc) is 3.18. The van der Waals surface area contributed by atoms with Crippen LogP contribution in [0.25, 0.3) is 109 Å². The summed E-state index contributed by atoms with van der Waals surface area (Å²) in [5.74, 6) is 0. The zero-order valence-electron chi connectivity index (χ0n) is 27.3. The number of hydrogen-bond donors (Lipinski definition) is 0. The fourth-order valence-corrected chi connectivity index (χ4v) is 8.46. The predicted molar refractivity (Wildman–Crippen MR) is 216 cm³/mol. The second-order valence-electron chi connectivity index (χ2n) is 13.7. The van der Waals surface area contributed by atoms with Crippen molar-refractivity contribution in [2.75, 3.05) is 0 Å². The van der Waals surface area contributed by atoms with E-state index in [1.807, 2.05) is 0 Å². The molecule has 0 nitrogen and oxygen atoms in total. The highest BCUT2D eigenvalue weighted by Gasteiger charge is 2.17. The van der Waals surface area contributed by atoms with Gasteiger partial charge in [-0.15, -0.1) is 0 Å². The normalized spacial score (nSPS) is 12.0. The molecule has 0 spiro atoms. The summed E-state index contributed by atoms with van der Waals surface area (Å²) >= 11 is 0. The van der Waals surface area contributed by atoms with Crippen molar-refractivity contribution >= 4 is 75.4 Å². The first kappa shape index (κ1) is 27.5. The van der Waals surface area contributed by atoms with Gasteiger partial charge in [-0.1, -0.05) is 152 Å². The Morgan fingerprint density at radius 3 is 1.56 bits per heavy atom. The maximum absolute atomic E-state index is 2.44. The van der Waals surface area contributed by atoms with Crippen molar-refractivity contribution in [3.05, 3.63) is 182 Å². The maximum Gasteiger partial charge on any atom is -0.00206 e. The van der Waals surface area contributed by atoms with E-state index in [2.05, 4.69) is 182 Å². The van der Waals surface area contributed by atoms with Gasteiger partial charge in [0, 0.05) is 0 Å². The van der Waals surface area contributed by atoms with E-state index >= 15 is 0 Å². The summed E-state index contributed by atoms with van der Waals surface area (Å²) in [7, 11) is 0. The van der Waals surface area contributed by atoms with E-state index in [0.29, 0.717) is 0 Å². The van der Waals surface area contributed by atoms with Crippen molar-refractivity contribution in [2.45, 2.75) is 0 Å². The predicted octanol–water partition coefficient (Wildman–Crippen LogP) is 14.2. The molecule has 0 aliphatic heterocycles. The number of hydrogen-bond acceptors (Lipinski definition) is 0. The minimum absolute atomic E-state index is 1.23. The van der Waals surface area contributed by atoms with Crippen LogP contribution in [0.3, 0.4) is 0 Å². The molecule has 0 fully saturated rings. The van der Waals surface area contributed by atoms with E-state index in [0.717, 1.165) is 0 Å². The minimum atomic E-state index is 1.23. The number of fused-ring (bicyclic) bond motifs is 5. The molecule has 0 radical (unpaired) electrons. The standard InChI is InChI=1S/C50H30/c1-2-8-36-26-37(16-12-31(36)6-1)38-17-18-39-29-47(41-22-23-44-40(28-41)19-13-32-7-3-4-11-43(32)44)48(30-42(39)27-38)45-24-20-35-15-14-33-9-5-10-34-21-25-46(45)50(35)49(33)34/h1-30H. The molecule has 11 aromatic rings. The van der Waals surface area contributed by atoms with Gasteiger partial charge in [0.15, 0.2) is 0 Å². The van der Waals surface area contributed by atoms with Crippen LogP contribution in [0, 0.1) is 0 Å². The summed E-state index contributed by atoms with van der Waals surface area (Å²) in [6.45, 7) is 0. The van der Waals surface area contributed by atoms with Gasteiger partial charge in [0.1, 0.15) is 0 Å². The fraction of sp³-hybridized carbons (Fsp3) is 0. The molecule has 11 rings (SSSR count). The first-order valence-electron chi connectivity index (χ1n) is 17.4. The van der Waals surface area contributed by atoms with Crippen molar-refractivity contribution in [2.24, 2.45) is 0 Å². The third-order valence-corrected chi connectivity index (χ3v) is 10.9. The molecule has 0 N–H and O–H groups in total. The summed E-state index contributed by atoms with van der Waals surface area (Å²) in [6, 6.07) is 67.9. The van der Waals surface area contributed by atoms with Crippen molar-refractivity contribution in [3.8, 4) is 33.4 Å². The first-order chi connectivity index (χ1) is 24.7. The fourth-order valence-electron chi connectivity index (χ4n) is 8.46. The molecular formula is C50H30. The third kappa shape index (κ3) is 4.12. The highest BCUT2D eigenvalue weighted by atomic mass is 14.2. The molecule has 0 aliphatic rings. The first-order valence-corrected chi connectivity index (χ1v) is 17.4. The topological polar surface area (TPSA) is 0 Å². The Hall–Kier alpha value is -6.50. The molecule has 0 bridgehead atoms. The Labute approximate surface area is 289 Å². The van der Waals surface area contributed by atoms with Gasteiger partial charge >= 0.3 is 0 Å². The van der Waals surface area contributed by atoms with Crippen LogP contribution in [0.5, 0.6) is 0 Å². The molecular weight excluding hydrogens is 601 g/mol. The molecule has 0 saturated carbocycles. The SMILES string of the molecule is c1ccc2cc(-c3ccc4cc(-c5ccc6c(ccc7ccccc76)c5)c(-c5ccc6ccc7cccc8ccc5c6c78)cc4c3)ccc2c1. The van der Waals surface area contributed by atoms with Crippen molar-refractivity contribution in [1.82, 2.24) is 0 Å². The van der Waals surface area contributed by atoms with Gasteiger partial charge in [0.2, 0.25) is 0 Å². The molecule has 0 heterocycles.